The summed E-state index contributed by atoms with van der Waals surface area (Å²) in [6.45, 7) is 0.963. The number of likely N-dealkylation sites (tertiary alicyclic amines) is 1. The van der Waals surface area contributed by atoms with E-state index < -0.39 is 17.0 Å². The van der Waals surface area contributed by atoms with Crippen LogP contribution in [-0.2, 0) is 17.6 Å². The molecule has 0 radical (unpaired) electrons. The van der Waals surface area contributed by atoms with Crippen molar-refractivity contribution >= 4 is 5.91 Å². The maximum absolute atomic E-state index is 14.1. The van der Waals surface area contributed by atoms with Gasteiger partial charge in [0.25, 0.3) is 0 Å². The fourth-order valence-electron chi connectivity index (χ4n) is 4.23. The predicted molar refractivity (Wildman–Crippen MR) is 109 cm³/mol. The zero-order chi connectivity index (χ0) is 20.7. The van der Waals surface area contributed by atoms with Gasteiger partial charge in [-0.3, -0.25) is 4.79 Å². The Kier molecular flexibility index (Phi) is 7.37. The van der Waals surface area contributed by atoms with Gasteiger partial charge in [0.15, 0.2) is 0 Å². The minimum absolute atomic E-state index is 0.0927. The molecule has 1 saturated heterocycles. The molecule has 0 aliphatic carbocycles. The van der Waals surface area contributed by atoms with Gasteiger partial charge in [-0.1, -0.05) is 36.4 Å². The first-order valence-electron chi connectivity index (χ1n) is 10.4. The van der Waals surface area contributed by atoms with Crippen LogP contribution in [0, 0.1) is 17.0 Å². The van der Waals surface area contributed by atoms with Crippen molar-refractivity contribution in [2.45, 2.75) is 44.9 Å². The molecule has 2 aromatic rings. The number of aryl methyl sites for hydroxylation is 1. The summed E-state index contributed by atoms with van der Waals surface area (Å²) >= 11 is 0. The first-order valence-corrected chi connectivity index (χ1v) is 10.4. The molecule has 0 saturated carbocycles. The number of halogens is 2. The maximum atomic E-state index is 14.1. The van der Waals surface area contributed by atoms with Crippen molar-refractivity contribution in [3.63, 3.8) is 0 Å². The molecule has 5 heteroatoms. The Bertz CT molecular complexity index is 812. The zero-order valence-corrected chi connectivity index (χ0v) is 16.7. The highest BCUT2D eigenvalue weighted by Gasteiger charge is 2.37. The molecule has 0 spiro atoms. The molecule has 0 aromatic heterocycles. The number of amides is 1. The Morgan fingerprint density at radius 2 is 1.90 bits per heavy atom. The largest absolute Gasteiger partial charge is 0.396 e. The zero-order valence-electron chi connectivity index (χ0n) is 16.7. The van der Waals surface area contributed by atoms with Crippen molar-refractivity contribution in [2.24, 2.45) is 5.41 Å². The number of rotatable bonds is 8. The van der Waals surface area contributed by atoms with Gasteiger partial charge in [0.2, 0.25) is 5.91 Å². The van der Waals surface area contributed by atoms with Crippen LogP contribution in [0.5, 0.6) is 0 Å². The highest BCUT2D eigenvalue weighted by Crippen LogP contribution is 2.34. The molecule has 29 heavy (non-hydrogen) atoms. The van der Waals surface area contributed by atoms with Crippen molar-refractivity contribution in [2.75, 3.05) is 19.7 Å². The molecule has 156 valence electrons. The van der Waals surface area contributed by atoms with Gasteiger partial charge in [-0.05, 0) is 55.7 Å². The molecule has 1 unspecified atom stereocenters. The smallest absolute Gasteiger partial charge is 0.222 e. The molecule has 1 fully saturated rings. The van der Waals surface area contributed by atoms with E-state index in [9.17, 15) is 18.7 Å². The lowest BCUT2D eigenvalue weighted by Gasteiger charge is -2.42. The van der Waals surface area contributed by atoms with Gasteiger partial charge in [0, 0.05) is 31.0 Å². The van der Waals surface area contributed by atoms with E-state index >= 15 is 0 Å². The standard InChI is InChI=1S/C24H29F2NO2/c25-21-12-11-20(22(26)15-21)16-24(18-28)13-6-14-27(17-24)23(29)10-5-4-9-19-7-2-1-3-8-19/h1-3,7-8,11-12,15,28H,4-6,9-10,13-14,16-18H2. The van der Waals surface area contributed by atoms with E-state index in [1.165, 1.54) is 17.7 Å². The number of aliphatic hydroxyl groups is 1. The number of hydrogen-bond donors (Lipinski definition) is 1. The number of carbonyl (C=O) groups excluding carboxylic acids is 1. The molecular formula is C24H29F2NO2. The van der Waals surface area contributed by atoms with E-state index in [0.29, 0.717) is 31.5 Å². The van der Waals surface area contributed by atoms with E-state index in [0.717, 1.165) is 38.2 Å². The van der Waals surface area contributed by atoms with Crippen LogP contribution in [0.4, 0.5) is 8.78 Å². The van der Waals surface area contributed by atoms with Crippen LogP contribution in [0.15, 0.2) is 48.5 Å². The van der Waals surface area contributed by atoms with Crippen molar-refractivity contribution in [3.05, 3.63) is 71.3 Å². The van der Waals surface area contributed by atoms with Crippen molar-refractivity contribution in [3.8, 4) is 0 Å². The molecule has 1 aliphatic heterocycles. The Labute approximate surface area is 171 Å². The summed E-state index contributed by atoms with van der Waals surface area (Å²) in [5, 5.41) is 10.1. The van der Waals surface area contributed by atoms with Crippen LogP contribution in [0.1, 0.15) is 43.2 Å². The SMILES string of the molecule is O=C(CCCCc1ccccc1)N1CCCC(CO)(Cc2ccc(F)cc2F)C1. The summed E-state index contributed by atoms with van der Waals surface area (Å²) in [7, 11) is 0. The van der Waals surface area contributed by atoms with Gasteiger partial charge < -0.3 is 10.0 Å². The minimum Gasteiger partial charge on any atom is -0.396 e. The highest BCUT2D eigenvalue weighted by molar-refractivity contribution is 5.76. The van der Waals surface area contributed by atoms with Crippen LogP contribution in [0.3, 0.4) is 0 Å². The average molecular weight is 401 g/mol. The Morgan fingerprint density at radius 3 is 2.62 bits per heavy atom. The number of aliphatic hydroxyl groups excluding tert-OH is 1. The number of benzene rings is 2. The van der Waals surface area contributed by atoms with Crippen LogP contribution >= 0.6 is 0 Å². The summed E-state index contributed by atoms with van der Waals surface area (Å²) < 4.78 is 27.3. The molecule has 1 heterocycles. The quantitative estimate of drug-likeness (QED) is 0.661. The maximum Gasteiger partial charge on any atom is 0.222 e. The van der Waals surface area contributed by atoms with Gasteiger partial charge in [-0.15, -0.1) is 0 Å². The molecule has 3 nitrogen and oxygen atoms in total. The van der Waals surface area contributed by atoms with E-state index in [1.54, 1.807) is 0 Å². The van der Waals surface area contributed by atoms with Gasteiger partial charge in [-0.2, -0.15) is 0 Å². The van der Waals surface area contributed by atoms with Crippen LogP contribution in [0.2, 0.25) is 0 Å². The number of piperidine rings is 1. The second kappa shape index (κ2) is 9.97. The summed E-state index contributed by atoms with van der Waals surface area (Å²) in [4.78, 5) is 14.5. The molecule has 0 bridgehead atoms. The predicted octanol–water partition coefficient (Wildman–Crippen LogP) is 4.52. The molecule has 1 atom stereocenters. The third kappa shape index (κ3) is 5.86. The molecule has 1 N–H and O–H groups in total. The summed E-state index contributed by atoms with van der Waals surface area (Å²) in [6, 6.07) is 13.8. The van der Waals surface area contributed by atoms with E-state index in [1.807, 2.05) is 23.1 Å². The fourth-order valence-corrected chi connectivity index (χ4v) is 4.23. The average Bonchev–Trinajstić information content (AvgIpc) is 2.74. The molecular weight excluding hydrogens is 372 g/mol. The van der Waals surface area contributed by atoms with E-state index in [-0.39, 0.29) is 12.5 Å². The number of hydrogen-bond acceptors (Lipinski definition) is 2. The summed E-state index contributed by atoms with van der Waals surface area (Å²) in [6.07, 6.45) is 5.01. The Morgan fingerprint density at radius 1 is 1.10 bits per heavy atom. The molecule has 3 rings (SSSR count). The second-order valence-electron chi connectivity index (χ2n) is 8.18. The normalized spacial score (nSPS) is 19.3. The topological polar surface area (TPSA) is 40.5 Å². The monoisotopic (exact) mass is 401 g/mol. The van der Waals surface area contributed by atoms with E-state index in [4.69, 9.17) is 0 Å². The lowest BCUT2D eigenvalue weighted by Crippen LogP contribution is -2.49. The minimum atomic E-state index is -0.611. The van der Waals surface area contributed by atoms with E-state index in [2.05, 4.69) is 12.1 Å². The first-order chi connectivity index (χ1) is 14.0. The van der Waals surface area contributed by atoms with Crippen LogP contribution in [0.25, 0.3) is 0 Å². The summed E-state index contributed by atoms with van der Waals surface area (Å²) in [5.41, 5.74) is 1.09. The molecule has 2 aromatic carbocycles. The molecule has 1 aliphatic rings. The van der Waals surface area contributed by atoms with Crippen LogP contribution in [-0.4, -0.2) is 35.6 Å². The lowest BCUT2D eigenvalue weighted by atomic mass is 9.75. The van der Waals surface area contributed by atoms with Crippen molar-refractivity contribution < 1.29 is 18.7 Å². The summed E-state index contributed by atoms with van der Waals surface area (Å²) in [5.74, 6) is -1.11. The van der Waals surface area contributed by atoms with Crippen LogP contribution < -0.4 is 0 Å². The van der Waals surface area contributed by atoms with Crippen molar-refractivity contribution in [1.29, 1.82) is 0 Å². The lowest BCUT2D eigenvalue weighted by molar-refractivity contribution is -0.135. The van der Waals surface area contributed by atoms with Gasteiger partial charge in [0.1, 0.15) is 11.6 Å². The fraction of sp³-hybridized carbons (Fsp3) is 0.458. The number of carbonyl (C=O) groups is 1. The highest BCUT2D eigenvalue weighted by atomic mass is 19.1. The molecule has 1 amide bonds. The third-order valence-corrected chi connectivity index (χ3v) is 5.88. The number of unbranched alkanes of at least 4 members (excludes halogenated alkanes) is 1. The van der Waals surface area contributed by atoms with Gasteiger partial charge in [-0.25, -0.2) is 8.78 Å². The van der Waals surface area contributed by atoms with Gasteiger partial charge in [0.05, 0.1) is 6.61 Å². The Balaban J connectivity index is 1.54. The Hall–Kier alpha value is -2.27. The number of nitrogens with zero attached hydrogens (tertiary/aromatic N) is 1. The first kappa shape index (κ1) is 21.4. The third-order valence-electron chi connectivity index (χ3n) is 5.88. The second-order valence-corrected chi connectivity index (χ2v) is 8.18. The van der Waals surface area contributed by atoms with Crippen molar-refractivity contribution in [1.82, 2.24) is 4.90 Å². The van der Waals surface area contributed by atoms with Gasteiger partial charge >= 0.3 is 0 Å².